The van der Waals surface area contributed by atoms with Gasteiger partial charge in [-0.1, -0.05) is 22.0 Å². The standard InChI is InChI=1S/C15H24BrN3O2.HI/c1-3-20-10-5-8-18-15(17-2)19-9-11-21-14-7-4-6-13(16)12-14;/h4,6-7,12H,3,5,8-11H2,1-2H3,(H2,17,18,19);1H. The second-order valence-corrected chi connectivity index (χ2v) is 5.20. The number of nitrogens with one attached hydrogen (secondary N) is 2. The lowest BCUT2D eigenvalue weighted by Gasteiger charge is -2.12. The summed E-state index contributed by atoms with van der Waals surface area (Å²) in [6.45, 7) is 5.64. The highest BCUT2D eigenvalue weighted by molar-refractivity contribution is 14.0. The summed E-state index contributed by atoms with van der Waals surface area (Å²) in [5.74, 6) is 1.63. The summed E-state index contributed by atoms with van der Waals surface area (Å²) >= 11 is 3.42. The zero-order chi connectivity index (χ0) is 15.3. The Labute approximate surface area is 158 Å². The summed E-state index contributed by atoms with van der Waals surface area (Å²) in [6.07, 6.45) is 0.961. The molecule has 0 atom stereocenters. The lowest BCUT2D eigenvalue weighted by Crippen LogP contribution is -2.39. The number of ether oxygens (including phenoxy) is 2. The van der Waals surface area contributed by atoms with Gasteiger partial charge in [-0.05, 0) is 31.5 Å². The van der Waals surface area contributed by atoms with Crippen molar-refractivity contribution in [2.24, 2.45) is 4.99 Å². The van der Waals surface area contributed by atoms with E-state index < -0.39 is 0 Å². The van der Waals surface area contributed by atoms with Gasteiger partial charge in [0.15, 0.2) is 5.96 Å². The number of benzene rings is 1. The molecule has 7 heteroatoms. The summed E-state index contributed by atoms with van der Waals surface area (Å²) in [6, 6.07) is 7.80. The molecule has 0 radical (unpaired) electrons. The molecular weight excluding hydrogens is 461 g/mol. The van der Waals surface area contributed by atoms with Crippen LogP contribution in [-0.4, -0.2) is 45.9 Å². The number of rotatable bonds is 9. The second kappa shape index (κ2) is 14.1. The number of hydrogen-bond donors (Lipinski definition) is 2. The fourth-order valence-electron chi connectivity index (χ4n) is 1.64. The molecule has 22 heavy (non-hydrogen) atoms. The molecule has 0 bridgehead atoms. The normalized spacial score (nSPS) is 10.8. The van der Waals surface area contributed by atoms with Crippen LogP contribution in [0.5, 0.6) is 5.75 Å². The summed E-state index contributed by atoms with van der Waals surface area (Å²) in [5, 5.41) is 6.44. The van der Waals surface area contributed by atoms with Crippen LogP contribution >= 0.6 is 39.9 Å². The van der Waals surface area contributed by atoms with Crippen LogP contribution in [0, 0.1) is 0 Å². The fraction of sp³-hybridized carbons (Fsp3) is 0.533. The van der Waals surface area contributed by atoms with E-state index in [4.69, 9.17) is 9.47 Å². The maximum atomic E-state index is 5.64. The molecule has 0 aliphatic rings. The largest absolute Gasteiger partial charge is 0.492 e. The Balaban J connectivity index is 0.00000441. The van der Waals surface area contributed by atoms with Crippen molar-refractivity contribution in [3.63, 3.8) is 0 Å². The van der Waals surface area contributed by atoms with E-state index in [1.54, 1.807) is 7.05 Å². The average Bonchev–Trinajstić information content (AvgIpc) is 2.49. The van der Waals surface area contributed by atoms with E-state index in [0.717, 1.165) is 42.4 Å². The molecule has 0 saturated carbocycles. The third-order valence-electron chi connectivity index (χ3n) is 2.64. The van der Waals surface area contributed by atoms with Crippen LogP contribution in [0.25, 0.3) is 0 Å². The van der Waals surface area contributed by atoms with Crippen molar-refractivity contribution in [1.29, 1.82) is 0 Å². The monoisotopic (exact) mass is 485 g/mol. The molecule has 1 aromatic carbocycles. The van der Waals surface area contributed by atoms with Crippen molar-refractivity contribution < 1.29 is 9.47 Å². The molecule has 0 amide bonds. The molecule has 0 aromatic heterocycles. The topological polar surface area (TPSA) is 54.9 Å². The van der Waals surface area contributed by atoms with E-state index in [1.165, 1.54) is 0 Å². The van der Waals surface area contributed by atoms with Gasteiger partial charge in [-0.3, -0.25) is 4.99 Å². The van der Waals surface area contributed by atoms with Crippen LogP contribution in [0.3, 0.4) is 0 Å². The summed E-state index contributed by atoms with van der Waals surface area (Å²) in [7, 11) is 1.76. The van der Waals surface area contributed by atoms with Crippen LogP contribution in [0.1, 0.15) is 13.3 Å². The number of halogens is 2. The van der Waals surface area contributed by atoms with E-state index in [1.807, 2.05) is 31.2 Å². The molecule has 2 N–H and O–H groups in total. The lowest BCUT2D eigenvalue weighted by atomic mass is 10.3. The van der Waals surface area contributed by atoms with Gasteiger partial charge in [0.2, 0.25) is 0 Å². The zero-order valence-electron chi connectivity index (χ0n) is 13.1. The van der Waals surface area contributed by atoms with E-state index in [9.17, 15) is 0 Å². The first kappa shape index (κ1) is 21.5. The van der Waals surface area contributed by atoms with Gasteiger partial charge in [0.05, 0.1) is 6.54 Å². The predicted octanol–water partition coefficient (Wildman–Crippen LogP) is 3.04. The van der Waals surface area contributed by atoms with Crippen LogP contribution in [0.15, 0.2) is 33.7 Å². The predicted molar refractivity (Wildman–Crippen MR) is 106 cm³/mol. The maximum Gasteiger partial charge on any atom is 0.191 e. The summed E-state index contributed by atoms with van der Waals surface area (Å²) in [5.41, 5.74) is 0. The van der Waals surface area contributed by atoms with Crippen LogP contribution in [0.2, 0.25) is 0 Å². The third kappa shape index (κ3) is 10.2. The minimum atomic E-state index is 0. The van der Waals surface area contributed by atoms with Crippen LogP contribution < -0.4 is 15.4 Å². The fourth-order valence-corrected chi connectivity index (χ4v) is 2.02. The molecule has 5 nitrogen and oxygen atoms in total. The Bertz CT molecular complexity index is 433. The van der Waals surface area contributed by atoms with E-state index in [0.29, 0.717) is 13.2 Å². The van der Waals surface area contributed by atoms with Crippen molar-refractivity contribution in [1.82, 2.24) is 10.6 Å². The molecule has 0 saturated heterocycles. The number of nitrogens with zero attached hydrogens (tertiary/aromatic N) is 1. The van der Waals surface area contributed by atoms with Gasteiger partial charge in [0.25, 0.3) is 0 Å². The highest BCUT2D eigenvalue weighted by Gasteiger charge is 1.98. The zero-order valence-corrected chi connectivity index (χ0v) is 17.0. The van der Waals surface area contributed by atoms with Gasteiger partial charge < -0.3 is 20.1 Å². The number of aliphatic imine (C=N–C) groups is 1. The van der Waals surface area contributed by atoms with Gasteiger partial charge in [0.1, 0.15) is 12.4 Å². The first-order valence-corrected chi connectivity index (χ1v) is 7.96. The van der Waals surface area contributed by atoms with E-state index >= 15 is 0 Å². The lowest BCUT2D eigenvalue weighted by molar-refractivity contribution is 0.145. The van der Waals surface area contributed by atoms with Gasteiger partial charge in [-0.15, -0.1) is 24.0 Å². The quantitative estimate of drug-likeness (QED) is 0.244. The van der Waals surface area contributed by atoms with E-state index in [-0.39, 0.29) is 24.0 Å². The molecule has 0 unspecified atom stereocenters. The van der Waals surface area contributed by atoms with Crippen molar-refractivity contribution in [2.45, 2.75) is 13.3 Å². The average molecular weight is 486 g/mol. The summed E-state index contributed by atoms with van der Waals surface area (Å²) in [4.78, 5) is 4.16. The Morgan fingerprint density at radius 1 is 1.23 bits per heavy atom. The minimum Gasteiger partial charge on any atom is -0.492 e. The third-order valence-corrected chi connectivity index (χ3v) is 3.14. The van der Waals surface area contributed by atoms with Crippen LogP contribution in [0.4, 0.5) is 0 Å². The molecule has 0 fully saturated rings. The molecule has 0 heterocycles. The minimum absolute atomic E-state index is 0. The van der Waals surface area contributed by atoms with Gasteiger partial charge in [-0.2, -0.15) is 0 Å². The number of guanidine groups is 1. The van der Waals surface area contributed by atoms with Gasteiger partial charge >= 0.3 is 0 Å². The van der Waals surface area contributed by atoms with Crippen molar-refractivity contribution >= 4 is 45.9 Å². The molecular formula is C15H25BrIN3O2. The van der Waals surface area contributed by atoms with E-state index in [2.05, 4.69) is 31.6 Å². The Kier molecular flexibility index (Phi) is 13.7. The SMILES string of the molecule is CCOCCCNC(=NC)NCCOc1cccc(Br)c1.I. The molecule has 126 valence electrons. The Hall–Kier alpha value is -0.540. The second-order valence-electron chi connectivity index (χ2n) is 4.28. The first-order chi connectivity index (χ1) is 10.3. The number of hydrogen-bond acceptors (Lipinski definition) is 3. The van der Waals surface area contributed by atoms with Gasteiger partial charge in [0, 0.05) is 31.3 Å². The summed E-state index contributed by atoms with van der Waals surface area (Å²) < 4.78 is 11.9. The van der Waals surface area contributed by atoms with Crippen molar-refractivity contribution in [3.8, 4) is 5.75 Å². The first-order valence-electron chi connectivity index (χ1n) is 7.17. The highest BCUT2D eigenvalue weighted by Crippen LogP contribution is 2.17. The molecule has 1 aromatic rings. The molecule has 1 rings (SSSR count). The smallest absolute Gasteiger partial charge is 0.191 e. The Morgan fingerprint density at radius 2 is 2.00 bits per heavy atom. The highest BCUT2D eigenvalue weighted by atomic mass is 127. The van der Waals surface area contributed by atoms with Crippen molar-refractivity contribution in [3.05, 3.63) is 28.7 Å². The molecule has 0 aliphatic carbocycles. The van der Waals surface area contributed by atoms with Crippen molar-refractivity contribution in [2.75, 3.05) is 40.0 Å². The Morgan fingerprint density at radius 3 is 2.68 bits per heavy atom. The van der Waals surface area contributed by atoms with Crippen LogP contribution in [-0.2, 0) is 4.74 Å². The molecule has 0 aliphatic heterocycles. The maximum absolute atomic E-state index is 5.64. The van der Waals surface area contributed by atoms with Gasteiger partial charge in [-0.25, -0.2) is 0 Å². The molecule has 0 spiro atoms.